The highest BCUT2D eigenvalue weighted by atomic mass is 19.4. The van der Waals surface area contributed by atoms with E-state index in [1.807, 2.05) is 0 Å². The number of carboxylic acids is 1. The van der Waals surface area contributed by atoms with Crippen LogP contribution >= 0.6 is 0 Å². The number of rotatable bonds is 4. The van der Waals surface area contributed by atoms with Crippen molar-refractivity contribution in [3.63, 3.8) is 0 Å². The average Bonchev–Trinajstić information content (AvgIpc) is 2.63. The molecule has 1 amide bonds. The molecular formula is C9H10F3N3O3. The molecule has 18 heavy (non-hydrogen) atoms. The summed E-state index contributed by atoms with van der Waals surface area (Å²) in [4.78, 5) is 21.5. The zero-order valence-electron chi connectivity index (χ0n) is 9.23. The molecule has 0 bridgehead atoms. The molecule has 100 valence electrons. The van der Waals surface area contributed by atoms with Gasteiger partial charge in [0, 0.05) is 13.1 Å². The lowest BCUT2D eigenvalue weighted by molar-refractivity contribution is -0.142. The summed E-state index contributed by atoms with van der Waals surface area (Å²) in [6, 6.07) is -1.33. The first-order chi connectivity index (χ1) is 8.20. The third kappa shape index (κ3) is 3.75. The van der Waals surface area contributed by atoms with Crippen molar-refractivity contribution in [2.45, 2.75) is 25.7 Å². The van der Waals surface area contributed by atoms with Crippen LogP contribution in [0.25, 0.3) is 0 Å². The maximum Gasteiger partial charge on any atom is 0.419 e. The van der Waals surface area contributed by atoms with E-state index in [2.05, 4.69) is 10.4 Å². The number of hydrogen-bond acceptors (Lipinski definition) is 3. The van der Waals surface area contributed by atoms with Crippen LogP contribution in [0.5, 0.6) is 0 Å². The van der Waals surface area contributed by atoms with E-state index < -0.39 is 29.7 Å². The number of carbonyl (C=O) groups excluding carboxylic acids is 1. The smallest absolute Gasteiger partial charge is 0.419 e. The maximum atomic E-state index is 12.3. The molecule has 0 radical (unpaired) electrons. The molecule has 1 atom stereocenters. The summed E-state index contributed by atoms with van der Waals surface area (Å²) in [6.45, 7) is 0.727. The second-order valence-electron chi connectivity index (χ2n) is 3.54. The Labute approximate surface area is 99.4 Å². The minimum atomic E-state index is -4.54. The maximum absolute atomic E-state index is 12.3. The van der Waals surface area contributed by atoms with Gasteiger partial charge >= 0.3 is 12.1 Å². The van der Waals surface area contributed by atoms with Crippen LogP contribution in [0.15, 0.2) is 12.4 Å². The van der Waals surface area contributed by atoms with E-state index in [0.717, 1.165) is 11.6 Å². The van der Waals surface area contributed by atoms with Crippen molar-refractivity contribution in [3.8, 4) is 0 Å². The van der Waals surface area contributed by atoms with Gasteiger partial charge in [-0.25, -0.2) is 4.79 Å². The monoisotopic (exact) mass is 265 g/mol. The Balaban J connectivity index is 2.79. The summed E-state index contributed by atoms with van der Waals surface area (Å²) in [6.07, 6.45) is -3.27. The van der Waals surface area contributed by atoms with Crippen LogP contribution in [0, 0.1) is 0 Å². The van der Waals surface area contributed by atoms with Crippen LogP contribution in [-0.4, -0.2) is 32.8 Å². The van der Waals surface area contributed by atoms with E-state index in [1.165, 1.54) is 0 Å². The molecule has 0 aliphatic carbocycles. The van der Waals surface area contributed by atoms with Crippen LogP contribution in [0.2, 0.25) is 0 Å². The van der Waals surface area contributed by atoms with E-state index >= 15 is 0 Å². The van der Waals surface area contributed by atoms with Crippen molar-refractivity contribution in [2.75, 3.05) is 0 Å². The fourth-order valence-corrected chi connectivity index (χ4v) is 1.23. The van der Waals surface area contributed by atoms with Crippen LogP contribution < -0.4 is 5.32 Å². The van der Waals surface area contributed by atoms with Crippen LogP contribution in [-0.2, 0) is 22.3 Å². The number of nitrogens with one attached hydrogen (secondary N) is 1. The van der Waals surface area contributed by atoms with Crippen molar-refractivity contribution < 1.29 is 27.9 Å². The quantitative estimate of drug-likeness (QED) is 0.829. The molecule has 0 saturated heterocycles. The highest BCUT2D eigenvalue weighted by Gasteiger charge is 2.32. The topological polar surface area (TPSA) is 84.2 Å². The molecule has 1 heterocycles. The highest BCUT2D eigenvalue weighted by molar-refractivity contribution is 5.81. The summed E-state index contributed by atoms with van der Waals surface area (Å²) in [5.41, 5.74) is -0.977. The van der Waals surface area contributed by atoms with Gasteiger partial charge in [-0.15, -0.1) is 0 Å². The first kappa shape index (κ1) is 14.0. The van der Waals surface area contributed by atoms with Crippen LogP contribution in [0.1, 0.15) is 12.5 Å². The standard InChI is InChI=1S/C9H10F3N3O3/c1-5(16)14-7(8(17)18)4-15-3-6(2-13-15)9(10,11)12/h2-3,7H,4H2,1H3,(H,14,16)(H,17,18). The Morgan fingerprint density at radius 1 is 1.56 bits per heavy atom. The molecule has 1 unspecified atom stereocenters. The van der Waals surface area contributed by atoms with Gasteiger partial charge < -0.3 is 10.4 Å². The van der Waals surface area contributed by atoms with Gasteiger partial charge in [-0.3, -0.25) is 9.48 Å². The number of carboxylic acid groups (broad SMARTS) is 1. The number of alkyl halides is 3. The number of halogens is 3. The van der Waals surface area contributed by atoms with Gasteiger partial charge in [0.25, 0.3) is 0 Å². The number of nitrogens with zero attached hydrogens (tertiary/aromatic N) is 2. The SMILES string of the molecule is CC(=O)NC(Cn1cc(C(F)(F)F)cn1)C(=O)O. The van der Waals surface area contributed by atoms with Gasteiger partial charge in [-0.2, -0.15) is 18.3 Å². The lowest BCUT2D eigenvalue weighted by Gasteiger charge is -2.12. The minimum Gasteiger partial charge on any atom is -0.480 e. The molecule has 0 aliphatic heterocycles. The molecule has 1 aromatic heterocycles. The van der Waals surface area contributed by atoms with E-state index in [0.29, 0.717) is 12.4 Å². The van der Waals surface area contributed by atoms with Gasteiger partial charge in [-0.05, 0) is 0 Å². The van der Waals surface area contributed by atoms with Gasteiger partial charge in [0.05, 0.1) is 18.3 Å². The number of aliphatic carboxylic acids is 1. The van der Waals surface area contributed by atoms with Crippen molar-refractivity contribution in [1.29, 1.82) is 0 Å². The number of hydrogen-bond donors (Lipinski definition) is 2. The molecule has 0 saturated carbocycles. The number of aromatic nitrogens is 2. The van der Waals surface area contributed by atoms with E-state index in [1.54, 1.807) is 0 Å². The Morgan fingerprint density at radius 3 is 2.56 bits per heavy atom. The third-order valence-electron chi connectivity index (χ3n) is 2.01. The summed E-state index contributed by atoms with van der Waals surface area (Å²) in [7, 11) is 0. The normalized spacial score (nSPS) is 13.1. The molecule has 0 spiro atoms. The van der Waals surface area contributed by atoms with E-state index in [4.69, 9.17) is 5.11 Å². The van der Waals surface area contributed by atoms with Crippen molar-refractivity contribution in [3.05, 3.63) is 18.0 Å². The second-order valence-corrected chi connectivity index (χ2v) is 3.54. The Morgan fingerprint density at radius 2 is 2.17 bits per heavy atom. The largest absolute Gasteiger partial charge is 0.480 e. The number of amides is 1. The Kier molecular flexibility index (Phi) is 3.94. The Hall–Kier alpha value is -2.06. The molecule has 0 aromatic carbocycles. The fraction of sp³-hybridized carbons (Fsp3) is 0.444. The Bertz CT molecular complexity index is 455. The van der Waals surface area contributed by atoms with Gasteiger partial charge in [-0.1, -0.05) is 0 Å². The van der Waals surface area contributed by atoms with E-state index in [-0.39, 0.29) is 6.54 Å². The first-order valence-electron chi connectivity index (χ1n) is 4.79. The van der Waals surface area contributed by atoms with Crippen molar-refractivity contribution >= 4 is 11.9 Å². The number of carbonyl (C=O) groups is 2. The second kappa shape index (κ2) is 5.07. The molecule has 1 aromatic rings. The van der Waals surface area contributed by atoms with Gasteiger partial charge in [0.15, 0.2) is 0 Å². The molecule has 0 fully saturated rings. The zero-order valence-corrected chi connectivity index (χ0v) is 9.23. The zero-order chi connectivity index (χ0) is 13.9. The van der Waals surface area contributed by atoms with E-state index in [9.17, 15) is 22.8 Å². The lowest BCUT2D eigenvalue weighted by Crippen LogP contribution is -2.42. The molecule has 0 aliphatic rings. The minimum absolute atomic E-state index is 0.384. The molecule has 6 nitrogen and oxygen atoms in total. The summed E-state index contributed by atoms with van der Waals surface area (Å²) < 4.78 is 37.6. The summed E-state index contributed by atoms with van der Waals surface area (Å²) in [5, 5.41) is 14.3. The molecule has 9 heteroatoms. The molecule has 2 N–H and O–H groups in total. The van der Waals surface area contributed by atoms with Crippen LogP contribution in [0.4, 0.5) is 13.2 Å². The van der Waals surface area contributed by atoms with Crippen molar-refractivity contribution in [2.24, 2.45) is 0 Å². The fourth-order valence-electron chi connectivity index (χ4n) is 1.23. The predicted molar refractivity (Wildman–Crippen MR) is 52.5 cm³/mol. The van der Waals surface area contributed by atoms with Crippen LogP contribution in [0.3, 0.4) is 0 Å². The average molecular weight is 265 g/mol. The summed E-state index contributed by atoms with van der Waals surface area (Å²) in [5.74, 6) is -1.94. The summed E-state index contributed by atoms with van der Waals surface area (Å²) >= 11 is 0. The molecular weight excluding hydrogens is 255 g/mol. The highest BCUT2D eigenvalue weighted by Crippen LogP contribution is 2.28. The van der Waals surface area contributed by atoms with Gasteiger partial charge in [0.2, 0.25) is 5.91 Å². The first-order valence-corrected chi connectivity index (χ1v) is 4.79. The lowest BCUT2D eigenvalue weighted by atomic mass is 10.3. The predicted octanol–water partition coefficient (Wildman–Crippen LogP) is 0.491. The van der Waals surface area contributed by atoms with Crippen molar-refractivity contribution in [1.82, 2.24) is 15.1 Å². The third-order valence-corrected chi connectivity index (χ3v) is 2.01. The molecule has 1 rings (SSSR count). The van der Waals surface area contributed by atoms with Gasteiger partial charge in [0.1, 0.15) is 6.04 Å².